The fraction of sp³-hybridized carbons (Fsp3) is 0.333. The highest BCUT2D eigenvalue weighted by atomic mass is 16.2. The van der Waals surface area contributed by atoms with Gasteiger partial charge in [-0.2, -0.15) is 0 Å². The minimum absolute atomic E-state index is 0.0973. The molecule has 0 saturated carbocycles. The number of carbonyl (C=O) groups is 2. The van der Waals surface area contributed by atoms with Crippen molar-refractivity contribution in [2.24, 2.45) is 0 Å². The monoisotopic (exact) mass is 125 g/mol. The molecule has 0 N–H and O–H groups in total. The first-order valence-corrected chi connectivity index (χ1v) is 2.72. The highest BCUT2D eigenvalue weighted by Crippen LogP contribution is 2.07. The average Bonchev–Trinajstić information content (AvgIpc) is 1.84. The third-order valence-electron chi connectivity index (χ3n) is 1.29. The van der Waals surface area contributed by atoms with Gasteiger partial charge in [-0.25, -0.2) is 0 Å². The second kappa shape index (κ2) is 2.01. The van der Waals surface area contributed by atoms with E-state index < -0.39 is 0 Å². The van der Waals surface area contributed by atoms with Gasteiger partial charge in [-0.3, -0.25) is 14.5 Å². The largest absolute Gasteiger partial charge is 0.278 e. The van der Waals surface area contributed by atoms with E-state index in [0.29, 0.717) is 13.0 Å². The molecule has 0 atom stereocenters. The molecular weight excluding hydrogens is 118 g/mol. The summed E-state index contributed by atoms with van der Waals surface area (Å²) in [5.41, 5.74) is 0. The predicted molar refractivity (Wildman–Crippen MR) is 31.5 cm³/mol. The lowest BCUT2D eigenvalue weighted by Crippen LogP contribution is -2.46. The van der Waals surface area contributed by atoms with Crippen molar-refractivity contribution in [3.63, 3.8) is 0 Å². The van der Waals surface area contributed by atoms with E-state index in [1.54, 1.807) is 0 Å². The maximum absolute atomic E-state index is 10.6. The topological polar surface area (TPSA) is 37.4 Å². The second-order valence-corrected chi connectivity index (χ2v) is 1.84. The SMILES string of the molecule is C=CC(=O)N1CCC1=O. The number of likely N-dealkylation sites (tertiary alicyclic amines) is 1. The molecule has 9 heavy (non-hydrogen) atoms. The summed E-state index contributed by atoms with van der Waals surface area (Å²) in [6, 6.07) is 0. The molecule has 0 aromatic heterocycles. The molecule has 0 bridgehead atoms. The lowest BCUT2D eigenvalue weighted by Gasteiger charge is -2.26. The molecule has 0 unspecified atom stereocenters. The van der Waals surface area contributed by atoms with Crippen LogP contribution in [0, 0.1) is 0 Å². The van der Waals surface area contributed by atoms with E-state index in [-0.39, 0.29) is 11.8 Å². The van der Waals surface area contributed by atoms with Crippen LogP contribution in [0.25, 0.3) is 0 Å². The Bertz CT molecular complexity index is 174. The zero-order valence-electron chi connectivity index (χ0n) is 4.96. The van der Waals surface area contributed by atoms with Crippen LogP contribution >= 0.6 is 0 Å². The number of imide groups is 1. The van der Waals surface area contributed by atoms with Gasteiger partial charge in [0.15, 0.2) is 0 Å². The van der Waals surface area contributed by atoms with Crippen LogP contribution in [0.1, 0.15) is 6.42 Å². The molecule has 1 rings (SSSR count). The lowest BCUT2D eigenvalue weighted by molar-refractivity contribution is -0.149. The molecule has 0 aromatic rings. The van der Waals surface area contributed by atoms with Crippen LogP contribution in [0.3, 0.4) is 0 Å². The van der Waals surface area contributed by atoms with Crippen molar-refractivity contribution in [2.75, 3.05) is 6.54 Å². The van der Waals surface area contributed by atoms with E-state index in [0.717, 1.165) is 6.08 Å². The van der Waals surface area contributed by atoms with Crippen LogP contribution in [0.15, 0.2) is 12.7 Å². The van der Waals surface area contributed by atoms with Crippen molar-refractivity contribution in [1.29, 1.82) is 0 Å². The van der Waals surface area contributed by atoms with Gasteiger partial charge in [0.05, 0.1) is 0 Å². The van der Waals surface area contributed by atoms with Gasteiger partial charge in [0.1, 0.15) is 0 Å². The smallest absolute Gasteiger partial charge is 0.252 e. The molecule has 0 spiro atoms. The number of amides is 2. The molecule has 48 valence electrons. The fourth-order valence-corrected chi connectivity index (χ4v) is 0.658. The number of hydrogen-bond acceptors (Lipinski definition) is 2. The van der Waals surface area contributed by atoms with Gasteiger partial charge in [0, 0.05) is 13.0 Å². The van der Waals surface area contributed by atoms with Crippen molar-refractivity contribution >= 4 is 11.8 Å². The first-order valence-electron chi connectivity index (χ1n) is 2.72. The van der Waals surface area contributed by atoms with Crippen LogP contribution < -0.4 is 0 Å². The Morgan fingerprint density at radius 2 is 2.44 bits per heavy atom. The summed E-state index contributed by atoms with van der Waals surface area (Å²) in [6.07, 6.45) is 1.65. The molecule has 3 nitrogen and oxygen atoms in total. The number of nitrogens with zero attached hydrogens (tertiary/aromatic N) is 1. The van der Waals surface area contributed by atoms with Gasteiger partial charge < -0.3 is 0 Å². The molecule has 1 aliphatic heterocycles. The van der Waals surface area contributed by atoms with E-state index >= 15 is 0 Å². The Balaban J connectivity index is 2.53. The van der Waals surface area contributed by atoms with Crippen molar-refractivity contribution in [1.82, 2.24) is 4.90 Å². The van der Waals surface area contributed by atoms with Gasteiger partial charge in [-0.1, -0.05) is 6.58 Å². The molecule has 0 aliphatic carbocycles. The van der Waals surface area contributed by atoms with Crippen molar-refractivity contribution in [3.05, 3.63) is 12.7 Å². The quantitative estimate of drug-likeness (QED) is 0.363. The zero-order valence-corrected chi connectivity index (χ0v) is 4.96. The predicted octanol–water partition coefficient (Wildman–Crippen LogP) is -0.0687. The van der Waals surface area contributed by atoms with E-state index in [1.165, 1.54) is 4.90 Å². The zero-order chi connectivity index (χ0) is 6.85. The first kappa shape index (κ1) is 6.01. The highest BCUT2D eigenvalue weighted by Gasteiger charge is 2.27. The van der Waals surface area contributed by atoms with Crippen LogP contribution in [-0.2, 0) is 9.59 Å². The van der Waals surface area contributed by atoms with Crippen LogP contribution in [0.2, 0.25) is 0 Å². The molecule has 1 aliphatic rings. The fourth-order valence-electron chi connectivity index (χ4n) is 0.658. The van der Waals surface area contributed by atoms with Gasteiger partial charge >= 0.3 is 0 Å². The van der Waals surface area contributed by atoms with E-state index in [4.69, 9.17) is 0 Å². The molecular formula is C6H7NO2. The molecule has 1 saturated heterocycles. The third kappa shape index (κ3) is 0.850. The average molecular weight is 125 g/mol. The summed E-state index contributed by atoms with van der Waals surface area (Å²) in [6.45, 7) is 3.81. The minimum Gasteiger partial charge on any atom is -0.278 e. The Labute approximate surface area is 53.0 Å². The molecule has 0 radical (unpaired) electrons. The van der Waals surface area contributed by atoms with Crippen molar-refractivity contribution in [2.45, 2.75) is 6.42 Å². The first-order chi connectivity index (χ1) is 4.25. The maximum atomic E-state index is 10.6. The molecule has 3 heteroatoms. The molecule has 1 fully saturated rings. The molecule has 0 aromatic carbocycles. The number of hydrogen-bond donors (Lipinski definition) is 0. The number of β-lactam (4-membered cyclic amide) rings is 1. The Morgan fingerprint density at radius 1 is 1.78 bits per heavy atom. The van der Waals surface area contributed by atoms with Crippen molar-refractivity contribution < 1.29 is 9.59 Å². The summed E-state index contributed by atoms with van der Waals surface area (Å²) < 4.78 is 0. The normalized spacial score (nSPS) is 16.9. The highest BCUT2D eigenvalue weighted by molar-refractivity contribution is 6.03. The van der Waals surface area contributed by atoms with Crippen LogP contribution in [0.4, 0.5) is 0 Å². The van der Waals surface area contributed by atoms with Gasteiger partial charge in [0.25, 0.3) is 5.91 Å². The lowest BCUT2D eigenvalue weighted by atomic mass is 10.2. The third-order valence-corrected chi connectivity index (χ3v) is 1.29. The van der Waals surface area contributed by atoms with Crippen LogP contribution in [-0.4, -0.2) is 23.3 Å². The summed E-state index contributed by atoms with van der Waals surface area (Å²) in [5.74, 6) is -0.383. The Kier molecular flexibility index (Phi) is 1.34. The van der Waals surface area contributed by atoms with Gasteiger partial charge in [0.2, 0.25) is 5.91 Å². The summed E-state index contributed by atoms with van der Waals surface area (Å²) in [4.78, 5) is 22.3. The van der Waals surface area contributed by atoms with Crippen molar-refractivity contribution in [3.8, 4) is 0 Å². The molecule has 1 heterocycles. The second-order valence-electron chi connectivity index (χ2n) is 1.84. The standard InChI is InChI=1S/C6H7NO2/c1-2-5(8)7-4-3-6(7)9/h2H,1,3-4H2. The maximum Gasteiger partial charge on any atom is 0.252 e. The van der Waals surface area contributed by atoms with Gasteiger partial charge in [-0.15, -0.1) is 0 Å². The summed E-state index contributed by atoms with van der Waals surface area (Å²) in [7, 11) is 0. The summed E-state index contributed by atoms with van der Waals surface area (Å²) >= 11 is 0. The number of carbonyl (C=O) groups excluding carboxylic acids is 2. The summed E-state index contributed by atoms with van der Waals surface area (Å²) in [5, 5.41) is 0. The van der Waals surface area contributed by atoms with E-state index in [9.17, 15) is 9.59 Å². The minimum atomic E-state index is -0.286. The molecule has 2 amide bonds. The number of rotatable bonds is 1. The van der Waals surface area contributed by atoms with Crippen LogP contribution in [0.5, 0.6) is 0 Å². The van der Waals surface area contributed by atoms with E-state index in [1.807, 2.05) is 0 Å². The van der Waals surface area contributed by atoms with E-state index in [2.05, 4.69) is 6.58 Å². The Morgan fingerprint density at radius 3 is 2.56 bits per heavy atom. The Hall–Kier alpha value is -1.12. The van der Waals surface area contributed by atoms with Gasteiger partial charge in [-0.05, 0) is 6.08 Å².